The van der Waals surface area contributed by atoms with E-state index in [1.165, 1.54) is 0 Å². The second kappa shape index (κ2) is 7.31. The molecule has 6 nitrogen and oxygen atoms in total. The molecule has 2 rings (SSSR count). The van der Waals surface area contributed by atoms with E-state index in [2.05, 4.69) is 25.9 Å². The second-order valence-electron chi connectivity index (χ2n) is 5.09. The predicted octanol–water partition coefficient (Wildman–Crippen LogP) is 0.898. The molecule has 20 heavy (non-hydrogen) atoms. The van der Waals surface area contributed by atoms with E-state index in [-0.39, 0.29) is 11.8 Å². The molecule has 7 heteroatoms. The number of halogens is 1. The Bertz CT molecular complexity index is 455. The molecule has 0 aliphatic carbocycles. The maximum absolute atomic E-state index is 12.5. The molecule has 0 bridgehead atoms. The molecule has 1 aliphatic heterocycles. The largest absolute Gasteiger partial charge is 0.383 e. The number of hydrogen-bond donors (Lipinski definition) is 1. The molecule has 2 heterocycles. The first kappa shape index (κ1) is 15.6. The first-order valence-corrected chi connectivity index (χ1v) is 7.62. The number of likely N-dealkylation sites (tertiary alicyclic amines) is 1. The summed E-state index contributed by atoms with van der Waals surface area (Å²) in [5.74, 6) is 0.0842. The molecule has 0 spiro atoms. The highest BCUT2D eigenvalue weighted by molar-refractivity contribution is 9.10. The third-order valence-corrected chi connectivity index (χ3v) is 4.15. The summed E-state index contributed by atoms with van der Waals surface area (Å²) >= 11 is 3.40. The number of nitrogens with zero attached hydrogens (tertiary/aromatic N) is 3. The van der Waals surface area contributed by atoms with Gasteiger partial charge in [-0.1, -0.05) is 0 Å². The Morgan fingerprint density at radius 3 is 2.90 bits per heavy atom. The van der Waals surface area contributed by atoms with Crippen molar-refractivity contribution in [2.45, 2.75) is 25.4 Å². The highest BCUT2D eigenvalue weighted by Crippen LogP contribution is 2.18. The van der Waals surface area contributed by atoms with Crippen LogP contribution in [0.1, 0.15) is 23.3 Å². The summed E-state index contributed by atoms with van der Waals surface area (Å²) in [5.41, 5.74) is 6.50. The van der Waals surface area contributed by atoms with Gasteiger partial charge in [-0.05, 0) is 28.8 Å². The van der Waals surface area contributed by atoms with Gasteiger partial charge in [0.15, 0.2) is 5.78 Å². The molecule has 0 unspecified atom stereocenters. The van der Waals surface area contributed by atoms with Gasteiger partial charge in [-0.25, -0.2) is 0 Å². The number of ketones is 1. The number of carbonyl (C=O) groups is 1. The predicted molar refractivity (Wildman–Crippen MR) is 79.8 cm³/mol. The van der Waals surface area contributed by atoms with Crippen LogP contribution >= 0.6 is 15.9 Å². The fraction of sp³-hybridized carbons (Fsp3) is 0.692. The van der Waals surface area contributed by atoms with E-state index in [9.17, 15) is 4.79 Å². The molecule has 1 saturated heterocycles. The van der Waals surface area contributed by atoms with Crippen LogP contribution in [-0.2, 0) is 11.3 Å². The van der Waals surface area contributed by atoms with Gasteiger partial charge in [0.2, 0.25) is 0 Å². The number of ether oxygens (including phenoxy) is 1. The molecule has 112 valence electrons. The quantitative estimate of drug-likeness (QED) is 0.776. The lowest BCUT2D eigenvalue weighted by molar-refractivity contribution is 0.0895. The smallest absolute Gasteiger partial charge is 0.195 e. The van der Waals surface area contributed by atoms with Crippen molar-refractivity contribution >= 4 is 21.7 Å². The summed E-state index contributed by atoms with van der Waals surface area (Å²) in [4.78, 5) is 14.6. The third kappa shape index (κ3) is 3.88. The Labute approximate surface area is 127 Å². The summed E-state index contributed by atoms with van der Waals surface area (Å²) in [6, 6.07) is 0.278. The molecule has 0 amide bonds. The third-order valence-electron chi connectivity index (χ3n) is 3.57. The molecule has 0 saturated carbocycles. The van der Waals surface area contributed by atoms with Crippen molar-refractivity contribution in [1.82, 2.24) is 14.7 Å². The van der Waals surface area contributed by atoms with Gasteiger partial charge in [-0.15, -0.1) is 0 Å². The van der Waals surface area contributed by atoms with Crippen LogP contribution < -0.4 is 5.73 Å². The number of rotatable bonds is 6. The summed E-state index contributed by atoms with van der Waals surface area (Å²) in [5, 5.41) is 4.21. The van der Waals surface area contributed by atoms with Crippen molar-refractivity contribution in [3.05, 3.63) is 16.4 Å². The lowest BCUT2D eigenvalue weighted by Crippen LogP contribution is -2.42. The van der Waals surface area contributed by atoms with Gasteiger partial charge in [-0.3, -0.25) is 14.4 Å². The standard InChI is InChI=1S/C13H21BrN4O2/c1-20-7-6-18-13(11(14)8-16-18)12(19)9-17-4-2-10(15)3-5-17/h8,10H,2-7,9,15H2,1H3. The molecule has 0 aromatic carbocycles. The Hall–Kier alpha value is -0.760. The Morgan fingerprint density at radius 2 is 2.25 bits per heavy atom. The maximum Gasteiger partial charge on any atom is 0.195 e. The Balaban J connectivity index is 1.99. The van der Waals surface area contributed by atoms with E-state index in [0.717, 1.165) is 30.4 Å². The summed E-state index contributed by atoms with van der Waals surface area (Å²) in [6.07, 6.45) is 3.57. The number of hydrogen-bond acceptors (Lipinski definition) is 5. The minimum Gasteiger partial charge on any atom is -0.383 e. The normalized spacial score (nSPS) is 17.6. The van der Waals surface area contributed by atoms with Crippen molar-refractivity contribution in [2.24, 2.45) is 5.73 Å². The zero-order valence-corrected chi connectivity index (χ0v) is 13.3. The molecular formula is C13H21BrN4O2. The van der Waals surface area contributed by atoms with E-state index >= 15 is 0 Å². The maximum atomic E-state index is 12.5. The zero-order chi connectivity index (χ0) is 14.5. The van der Waals surface area contributed by atoms with Gasteiger partial charge in [0.25, 0.3) is 0 Å². The minimum absolute atomic E-state index is 0.0842. The van der Waals surface area contributed by atoms with E-state index < -0.39 is 0 Å². The fourth-order valence-electron chi connectivity index (χ4n) is 2.38. The minimum atomic E-state index is 0.0842. The van der Waals surface area contributed by atoms with Crippen molar-refractivity contribution in [3.8, 4) is 0 Å². The summed E-state index contributed by atoms with van der Waals surface area (Å²) < 4.78 is 7.48. The molecule has 2 N–H and O–H groups in total. The van der Waals surface area contributed by atoms with Crippen LogP contribution in [0.15, 0.2) is 10.7 Å². The number of nitrogens with two attached hydrogens (primary N) is 1. The summed E-state index contributed by atoms with van der Waals surface area (Å²) in [7, 11) is 1.64. The number of carbonyl (C=O) groups excluding carboxylic acids is 1. The molecule has 0 atom stereocenters. The summed E-state index contributed by atoms with van der Waals surface area (Å²) in [6.45, 7) is 3.30. The molecule has 1 aliphatic rings. The highest BCUT2D eigenvalue weighted by atomic mass is 79.9. The number of Topliss-reactive ketones (excluding diaryl/α,β-unsaturated/α-hetero) is 1. The van der Waals surface area contributed by atoms with Crippen LogP contribution in [0.25, 0.3) is 0 Å². The zero-order valence-electron chi connectivity index (χ0n) is 11.7. The van der Waals surface area contributed by atoms with Gasteiger partial charge >= 0.3 is 0 Å². The van der Waals surface area contributed by atoms with E-state index in [4.69, 9.17) is 10.5 Å². The lowest BCUT2D eigenvalue weighted by atomic mass is 10.1. The van der Waals surface area contributed by atoms with Crippen LogP contribution in [0.4, 0.5) is 0 Å². The van der Waals surface area contributed by atoms with Crippen molar-refractivity contribution < 1.29 is 9.53 Å². The molecule has 1 fully saturated rings. The topological polar surface area (TPSA) is 73.4 Å². The van der Waals surface area contributed by atoms with Crippen LogP contribution in [0.5, 0.6) is 0 Å². The van der Waals surface area contributed by atoms with E-state index in [1.54, 1.807) is 18.0 Å². The van der Waals surface area contributed by atoms with Gasteiger partial charge in [0.05, 0.1) is 30.4 Å². The van der Waals surface area contributed by atoms with Crippen LogP contribution in [0.2, 0.25) is 0 Å². The van der Waals surface area contributed by atoms with Gasteiger partial charge < -0.3 is 10.5 Å². The number of aromatic nitrogens is 2. The van der Waals surface area contributed by atoms with Gasteiger partial charge in [0.1, 0.15) is 5.69 Å². The van der Waals surface area contributed by atoms with Crippen LogP contribution in [-0.4, -0.2) is 59.9 Å². The monoisotopic (exact) mass is 344 g/mol. The number of piperidine rings is 1. The molecule has 1 aromatic rings. The van der Waals surface area contributed by atoms with Crippen molar-refractivity contribution in [1.29, 1.82) is 0 Å². The first-order valence-electron chi connectivity index (χ1n) is 6.83. The van der Waals surface area contributed by atoms with Crippen LogP contribution in [0, 0.1) is 0 Å². The molecular weight excluding hydrogens is 324 g/mol. The van der Waals surface area contributed by atoms with Crippen molar-refractivity contribution in [3.63, 3.8) is 0 Å². The molecule has 1 aromatic heterocycles. The van der Waals surface area contributed by atoms with E-state index in [1.807, 2.05) is 0 Å². The lowest BCUT2D eigenvalue weighted by Gasteiger charge is -2.29. The van der Waals surface area contributed by atoms with E-state index in [0.29, 0.717) is 25.4 Å². The average molecular weight is 345 g/mol. The van der Waals surface area contributed by atoms with Crippen molar-refractivity contribution in [2.75, 3.05) is 33.4 Å². The highest BCUT2D eigenvalue weighted by Gasteiger charge is 2.22. The van der Waals surface area contributed by atoms with Gasteiger partial charge in [0, 0.05) is 26.2 Å². The molecule has 0 radical (unpaired) electrons. The SMILES string of the molecule is COCCn1ncc(Br)c1C(=O)CN1CCC(N)CC1. The second-order valence-corrected chi connectivity index (χ2v) is 5.95. The number of methoxy groups -OCH3 is 1. The fourth-order valence-corrected chi connectivity index (χ4v) is 2.89. The average Bonchev–Trinajstić information content (AvgIpc) is 2.80. The van der Waals surface area contributed by atoms with Gasteiger partial charge in [-0.2, -0.15) is 5.10 Å². The van der Waals surface area contributed by atoms with Crippen LogP contribution in [0.3, 0.4) is 0 Å². The first-order chi connectivity index (χ1) is 9.61. The Morgan fingerprint density at radius 1 is 1.55 bits per heavy atom. The Kier molecular flexibility index (Phi) is 5.71.